The summed E-state index contributed by atoms with van der Waals surface area (Å²) in [7, 11) is 0. The lowest BCUT2D eigenvalue weighted by atomic mass is 9.53. The molecule has 0 heterocycles. The van der Waals surface area contributed by atoms with Crippen LogP contribution >= 0.6 is 0 Å². The molecule has 1 heteroatoms. The van der Waals surface area contributed by atoms with Gasteiger partial charge in [-0.1, -0.05) is 39.3 Å². The van der Waals surface area contributed by atoms with Crippen LogP contribution in [0.3, 0.4) is 0 Å². The van der Waals surface area contributed by atoms with E-state index in [0.717, 1.165) is 19.3 Å². The number of hydrogen-bond acceptors (Lipinski definition) is 1. The van der Waals surface area contributed by atoms with Crippen LogP contribution in [0.25, 0.3) is 0 Å². The minimum absolute atomic E-state index is 0.0839. The van der Waals surface area contributed by atoms with E-state index >= 15 is 0 Å². The Morgan fingerprint density at radius 1 is 1.19 bits per heavy atom. The molecule has 3 aliphatic rings. The van der Waals surface area contributed by atoms with Crippen molar-refractivity contribution in [3.8, 4) is 0 Å². The van der Waals surface area contributed by atoms with E-state index in [0.29, 0.717) is 11.7 Å². The van der Waals surface area contributed by atoms with E-state index in [9.17, 15) is 4.79 Å². The van der Waals surface area contributed by atoms with Gasteiger partial charge < -0.3 is 0 Å². The Morgan fingerprint density at radius 3 is 2.44 bits per heavy atom. The molecule has 2 atom stereocenters. The average Bonchev–Trinajstić information content (AvgIpc) is 2.59. The SMILES string of the molecule is CC1(C)CCC(=O)C23CCC(C=C12)C3(C)C. The third-order valence-corrected chi connectivity index (χ3v) is 5.87. The Labute approximate surface area is 98.3 Å². The van der Waals surface area contributed by atoms with Crippen LogP contribution in [-0.2, 0) is 4.79 Å². The molecule has 0 N–H and O–H groups in total. The normalized spacial score (nSPS) is 43.1. The first-order valence-corrected chi connectivity index (χ1v) is 6.58. The summed E-state index contributed by atoms with van der Waals surface area (Å²) >= 11 is 0. The van der Waals surface area contributed by atoms with E-state index in [1.165, 1.54) is 12.0 Å². The van der Waals surface area contributed by atoms with Crippen LogP contribution in [0.15, 0.2) is 11.6 Å². The molecular formula is C15H22O. The summed E-state index contributed by atoms with van der Waals surface area (Å²) < 4.78 is 0. The predicted molar refractivity (Wildman–Crippen MR) is 65.0 cm³/mol. The highest BCUT2D eigenvalue weighted by molar-refractivity contribution is 5.92. The Kier molecular flexibility index (Phi) is 1.73. The lowest BCUT2D eigenvalue weighted by molar-refractivity contribution is -0.134. The van der Waals surface area contributed by atoms with Gasteiger partial charge in [-0.3, -0.25) is 4.79 Å². The molecule has 1 nitrogen and oxygen atoms in total. The molecule has 16 heavy (non-hydrogen) atoms. The third-order valence-electron chi connectivity index (χ3n) is 5.87. The first-order chi connectivity index (χ1) is 7.32. The first kappa shape index (κ1) is 10.6. The van der Waals surface area contributed by atoms with Crippen LogP contribution in [0.1, 0.15) is 53.4 Å². The zero-order valence-corrected chi connectivity index (χ0v) is 10.9. The molecule has 0 radical (unpaired) electrons. The van der Waals surface area contributed by atoms with E-state index < -0.39 is 0 Å². The summed E-state index contributed by atoms with van der Waals surface area (Å²) in [6.07, 6.45) is 6.63. The minimum atomic E-state index is -0.0839. The maximum Gasteiger partial charge on any atom is 0.143 e. The van der Waals surface area contributed by atoms with Crippen molar-refractivity contribution in [2.45, 2.75) is 53.4 Å². The Hall–Kier alpha value is -0.590. The van der Waals surface area contributed by atoms with Crippen molar-refractivity contribution in [2.24, 2.45) is 22.2 Å². The van der Waals surface area contributed by atoms with Gasteiger partial charge in [0, 0.05) is 6.42 Å². The second-order valence-electron chi connectivity index (χ2n) is 7.16. The zero-order valence-electron chi connectivity index (χ0n) is 10.9. The van der Waals surface area contributed by atoms with Gasteiger partial charge in [0.05, 0.1) is 5.41 Å². The van der Waals surface area contributed by atoms with Crippen LogP contribution in [0, 0.1) is 22.2 Å². The van der Waals surface area contributed by atoms with Crippen molar-refractivity contribution < 1.29 is 4.79 Å². The van der Waals surface area contributed by atoms with Crippen molar-refractivity contribution in [3.05, 3.63) is 11.6 Å². The number of ketones is 1. The van der Waals surface area contributed by atoms with Gasteiger partial charge in [-0.05, 0) is 36.0 Å². The summed E-state index contributed by atoms with van der Waals surface area (Å²) in [5, 5.41) is 0. The summed E-state index contributed by atoms with van der Waals surface area (Å²) in [5.74, 6) is 1.17. The van der Waals surface area contributed by atoms with Crippen molar-refractivity contribution in [2.75, 3.05) is 0 Å². The van der Waals surface area contributed by atoms with Gasteiger partial charge in [0.1, 0.15) is 5.78 Å². The van der Waals surface area contributed by atoms with E-state index in [1.807, 2.05) is 0 Å². The molecule has 2 unspecified atom stereocenters. The number of hydrogen-bond donors (Lipinski definition) is 0. The topological polar surface area (TPSA) is 17.1 Å². The summed E-state index contributed by atoms with van der Waals surface area (Å²) in [6.45, 7) is 9.27. The van der Waals surface area contributed by atoms with Gasteiger partial charge in [-0.25, -0.2) is 0 Å². The fourth-order valence-electron chi connectivity index (χ4n) is 4.71. The number of rotatable bonds is 0. The third kappa shape index (κ3) is 0.881. The molecule has 2 fully saturated rings. The van der Waals surface area contributed by atoms with E-state index in [4.69, 9.17) is 0 Å². The average molecular weight is 218 g/mol. The van der Waals surface area contributed by atoms with Crippen molar-refractivity contribution in [1.29, 1.82) is 0 Å². The van der Waals surface area contributed by atoms with Crippen LogP contribution in [-0.4, -0.2) is 5.78 Å². The van der Waals surface area contributed by atoms with Crippen LogP contribution in [0.5, 0.6) is 0 Å². The molecule has 2 saturated carbocycles. The van der Waals surface area contributed by atoms with E-state index in [2.05, 4.69) is 33.8 Å². The van der Waals surface area contributed by atoms with E-state index in [-0.39, 0.29) is 16.2 Å². The van der Waals surface area contributed by atoms with Gasteiger partial charge in [0.25, 0.3) is 0 Å². The van der Waals surface area contributed by atoms with Gasteiger partial charge in [-0.2, -0.15) is 0 Å². The standard InChI is InChI=1S/C15H22O/c1-13(2)7-6-12(16)15-8-5-10(9-11(13)15)14(15,3)4/h9-10H,5-8H2,1-4H3. The fraction of sp³-hybridized carbons (Fsp3) is 0.800. The highest BCUT2D eigenvalue weighted by atomic mass is 16.1. The van der Waals surface area contributed by atoms with Crippen LogP contribution in [0.2, 0.25) is 0 Å². The highest BCUT2D eigenvalue weighted by Gasteiger charge is 2.66. The molecule has 2 bridgehead atoms. The number of fused-ring (bicyclic) bond motifs is 1. The Morgan fingerprint density at radius 2 is 1.88 bits per heavy atom. The minimum Gasteiger partial charge on any atom is -0.299 e. The van der Waals surface area contributed by atoms with Crippen molar-refractivity contribution in [1.82, 2.24) is 0 Å². The lowest BCUT2D eigenvalue weighted by Crippen LogP contribution is -2.47. The Balaban J connectivity index is 2.22. The largest absolute Gasteiger partial charge is 0.299 e. The quantitative estimate of drug-likeness (QED) is 0.566. The van der Waals surface area contributed by atoms with E-state index in [1.54, 1.807) is 0 Å². The fourth-order valence-corrected chi connectivity index (χ4v) is 4.71. The van der Waals surface area contributed by atoms with Gasteiger partial charge in [0.15, 0.2) is 0 Å². The maximum absolute atomic E-state index is 12.5. The monoisotopic (exact) mass is 218 g/mol. The van der Waals surface area contributed by atoms with Crippen molar-refractivity contribution >= 4 is 5.78 Å². The van der Waals surface area contributed by atoms with Crippen LogP contribution < -0.4 is 0 Å². The number of carbonyl (C=O) groups excluding carboxylic acids is 1. The summed E-state index contributed by atoms with van der Waals surface area (Å²) in [4.78, 5) is 12.5. The molecule has 0 saturated heterocycles. The molecule has 3 rings (SSSR count). The molecule has 0 amide bonds. The summed E-state index contributed by atoms with van der Waals surface area (Å²) in [6, 6.07) is 0. The molecular weight excluding hydrogens is 196 g/mol. The molecule has 0 aliphatic heterocycles. The van der Waals surface area contributed by atoms with Gasteiger partial charge in [0.2, 0.25) is 0 Å². The Bertz CT molecular complexity index is 400. The number of Topliss-reactive ketones (excluding diaryl/α,β-unsaturated/α-hetero) is 1. The summed E-state index contributed by atoms with van der Waals surface area (Å²) in [5.41, 5.74) is 1.83. The molecule has 0 aromatic rings. The second-order valence-corrected chi connectivity index (χ2v) is 7.16. The smallest absolute Gasteiger partial charge is 0.143 e. The zero-order chi connectivity index (χ0) is 11.8. The lowest BCUT2D eigenvalue weighted by Gasteiger charge is -2.48. The molecule has 0 aromatic heterocycles. The molecule has 88 valence electrons. The van der Waals surface area contributed by atoms with Crippen LogP contribution in [0.4, 0.5) is 0 Å². The first-order valence-electron chi connectivity index (χ1n) is 6.58. The van der Waals surface area contributed by atoms with Gasteiger partial charge in [-0.15, -0.1) is 0 Å². The highest BCUT2D eigenvalue weighted by Crippen LogP contribution is 2.71. The maximum atomic E-state index is 12.5. The molecule has 3 aliphatic carbocycles. The number of carbonyl (C=O) groups is 1. The molecule has 1 spiro atoms. The predicted octanol–water partition coefficient (Wildman–Crippen LogP) is 3.74. The van der Waals surface area contributed by atoms with Crippen molar-refractivity contribution in [3.63, 3.8) is 0 Å². The molecule has 0 aromatic carbocycles. The van der Waals surface area contributed by atoms with Gasteiger partial charge >= 0.3 is 0 Å². The second kappa shape index (κ2) is 2.63. The number of allylic oxidation sites excluding steroid dienone is 2.